The molecule has 0 spiro atoms. The fraction of sp³-hybridized carbons (Fsp3) is 0.0833. The number of hydrogen-bond donors (Lipinski definition) is 0. The van der Waals surface area contributed by atoms with E-state index in [0.29, 0.717) is 17.7 Å². The lowest BCUT2D eigenvalue weighted by Gasteiger charge is -2.19. The number of hydrogen-bond acceptors (Lipinski definition) is 4. The van der Waals surface area contributed by atoms with Gasteiger partial charge in [-0.1, -0.05) is 221 Å². The Labute approximate surface area is 442 Å². The molecule has 0 bridgehead atoms. The molecule has 0 aliphatic rings. The molecule has 0 saturated carbocycles. The van der Waals surface area contributed by atoms with Gasteiger partial charge in [-0.05, 0) is 160 Å². The van der Waals surface area contributed by atoms with Gasteiger partial charge in [0.1, 0.15) is 11.0 Å². The Morgan fingerprint density at radius 1 is 0.329 bits per heavy atom. The lowest BCUT2D eigenvalue weighted by molar-refractivity contribution is 0.619. The summed E-state index contributed by atoms with van der Waals surface area (Å²) in [4.78, 5) is 9.38. The summed E-state index contributed by atoms with van der Waals surface area (Å²) in [5.41, 5.74) is 18.0. The van der Waals surface area contributed by atoms with E-state index in [1.165, 1.54) is 98.7 Å². The standard InChI is InChI=1S/2C36H27NO/c1-23(2)27-20-21-30-31(22-27)35(24-10-4-3-5-11-24)29-13-7-6-12-28(29)34(30)25-16-18-26(19-17-25)36-37-32-14-8-9-15-33(32)38-36;1-2-10-24-17-22-30-31(23-24)35(25-11-4-3-5-12-25)29-14-7-6-13-28(29)34(30)26-18-20-27(21-19-26)36-37-32-15-8-9-16-33(32)38-36/h3-23H,1-2H3;3-9,11-23H,2,10H2,1H3. The highest BCUT2D eigenvalue weighted by molar-refractivity contribution is 6.23. The van der Waals surface area contributed by atoms with Crippen LogP contribution in [0.4, 0.5) is 0 Å². The van der Waals surface area contributed by atoms with Crippen LogP contribution in [-0.4, -0.2) is 9.97 Å². The molecule has 0 saturated heterocycles. The van der Waals surface area contributed by atoms with Crippen LogP contribution in [0.5, 0.6) is 0 Å². The van der Waals surface area contributed by atoms with Crippen LogP contribution in [0, 0.1) is 0 Å². The molecule has 0 fully saturated rings. The van der Waals surface area contributed by atoms with E-state index in [1.807, 2.05) is 48.5 Å². The van der Waals surface area contributed by atoms with Crippen molar-refractivity contribution in [1.82, 2.24) is 9.97 Å². The Bertz CT molecular complexity index is 4350. The summed E-state index contributed by atoms with van der Waals surface area (Å²) in [7, 11) is 0. The van der Waals surface area contributed by atoms with Gasteiger partial charge in [0, 0.05) is 11.1 Å². The first kappa shape index (κ1) is 46.4. The third kappa shape index (κ3) is 8.48. The Hall–Kier alpha value is -9.38. The minimum Gasteiger partial charge on any atom is -0.436 e. The fourth-order valence-electron chi connectivity index (χ4n) is 11.2. The maximum Gasteiger partial charge on any atom is 0.227 e. The number of aryl methyl sites for hydroxylation is 1. The molecular weight excluding hydrogens is 925 g/mol. The molecule has 12 aromatic carbocycles. The molecule has 0 aliphatic carbocycles. The molecule has 2 aromatic heterocycles. The summed E-state index contributed by atoms with van der Waals surface area (Å²) in [6.07, 6.45) is 2.20. The van der Waals surface area contributed by atoms with Gasteiger partial charge in [-0.2, -0.15) is 0 Å². The first-order valence-corrected chi connectivity index (χ1v) is 26.5. The van der Waals surface area contributed by atoms with Gasteiger partial charge in [-0.15, -0.1) is 0 Å². The van der Waals surface area contributed by atoms with Crippen LogP contribution in [0.1, 0.15) is 44.2 Å². The first-order chi connectivity index (χ1) is 37.5. The van der Waals surface area contributed by atoms with Gasteiger partial charge in [-0.25, -0.2) is 9.97 Å². The van der Waals surface area contributed by atoms with Crippen molar-refractivity contribution < 1.29 is 8.83 Å². The number of para-hydroxylation sites is 4. The molecule has 0 atom stereocenters. The largest absolute Gasteiger partial charge is 0.436 e. The van der Waals surface area contributed by atoms with E-state index >= 15 is 0 Å². The van der Waals surface area contributed by atoms with Crippen molar-refractivity contribution in [3.63, 3.8) is 0 Å². The summed E-state index contributed by atoms with van der Waals surface area (Å²) in [6.45, 7) is 6.76. The molecule has 2 heterocycles. The van der Waals surface area contributed by atoms with Crippen molar-refractivity contribution in [2.75, 3.05) is 0 Å². The van der Waals surface area contributed by atoms with E-state index in [-0.39, 0.29) is 0 Å². The minimum atomic E-state index is 0.452. The van der Waals surface area contributed by atoms with Crippen molar-refractivity contribution in [3.8, 4) is 67.4 Å². The first-order valence-electron chi connectivity index (χ1n) is 26.5. The lowest BCUT2D eigenvalue weighted by Crippen LogP contribution is -1.93. The number of rotatable bonds is 9. The molecule has 0 radical (unpaired) electrons. The van der Waals surface area contributed by atoms with E-state index < -0.39 is 0 Å². The van der Waals surface area contributed by atoms with E-state index in [0.717, 1.165) is 46.2 Å². The third-order valence-corrected chi connectivity index (χ3v) is 14.9. The molecule has 0 N–H and O–H groups in total. The summed E-state index contributed by atoms with van der Waals surface area (Å²) in [6, 6.07) is 86.3. The monoisotopic (exact) mass is 978 g/mol. The van der Waals surface area contributed by atoms with Crippen molar-refractivity contribution >= 4 is 65.3 Å². The molecular formula is C72H54N2O2. The molecule has 76 heavy (non-hydrogen) atoms. The highest BCUT2D eigenvalue weighted by Crippen LogP contribution is 2.46. The number of aromatic nitrogens is 2. The normalized spacial score (nSPS) is 11.6. The summed E-state index contributed by atoms with van der Waals surface area (Å²) in [5, 5.41) is 10.2. The van der Waals surface area contributed by atoms with Gasteiger partial charge in [0.25, 0.3) is 0 Å². The zero-order valence-corrected chi connectivity index (χ0v) is 42.8. The fourth-order valence-corrected chi connectivity index (χ4v) is 11.2. The molecule has 4 nitrogen and oxygen atoms in total. The smallest absolute Gasteiger partial charge is 0.227 e. The average molecular weight is 979 g/mol. The summed E-state index contributed by atoms with van der Waals surface area (Å²) >= 11 is 0. The molecule has 364 valence electrons. The minimum absolute atomic E-state index is 0.452. The van der Waals surface area contributed by atoms with E-state index in [4.69, 9.17) is 13.8 Å². The van der Waals surface area contributed by atoms with Gasteiger partial charge >= 0.3 is 0 Å². The predicted molar refractivity (Wildman–Crippen MR) is 319 cm³/mol. The number of fused-ring (bicyclic) bond motifs is 6. The van der Waals surface area contributed by atoms with Crippen LogP contribution in [0.15, 0.2) is 251 Å². The van der Waals surface area contributed by atoms with Gasteiger partial charge in [0.2, 0.25) is 11.8 Å². The van der Waals surface area contributed by atoms with Crippen LogP contribution >= 0.6 is 0 Å². The van der Waals surface area contributed by atoms with E-state index in [9.17, 15) is 0 Å². The second-order valence-corrected chi connectivity index (χ2v) is 20.0. The lowest BCUT2D eigenvalue weighted by atomic mass is 9.84. The third-order valence-electron chi connectivity index (χ3n) is 14.9. The SMILES string of the molecule is CC(C)c1ccc2c(-c3ccc(-c4nc5ccccc5o4)cc3)c3ccccc3c(-c3ccccc3)c2c1.CCCc1ccc2c(-c3ccc(-c4nc5ccccc5o4)cc3)c3ccccc3c(-c3ccccc3)c2c1. The summed E-state index contributed by atoms with van der Waals surface area (Å²) in [5.74, 6) is 1.75. The van der Waals surface area contributed by atoms with Gasteiger partial charge in [0.15, 0.2) is 11.2 Å². The molecule has 14 rings (SSSR count). The Kier molecular flexibility index (Phi) is 12.1. The van der Waals surface area contributed by atoms with Crippen molar-refractivity contribution in [3.05, 3.63) is 254 Å². The van der Waals surface area contributed by atoms with Crippen molar-refractivity contribution in [2.24, 2.45) is 0 Å². The van der Waals surface area contributed by atoms with Gasteiger partial charge in [-0.3, -0.25) is 0 Å². The van der Waals surface area contributed by atoms with Crippen molar-refractivity contribution in [1.29, 1.82) is 0 Å². The number of benzene rings is 12. The van der Waals surface area contributed by atoms with Gasteiger partial charge in [0.05, 0.1) is 0 Å². The van der Waals surface area contributed by atoms with Crippen molar-refractivity contribution in [2.45, 2.75) is 39.5 Å². The number of oxazole rings is 2. The summed E-state index contributed by atoms with van der Waals surface area (Å²) < 4.78 is 12.1. The molecule has 0 aliphatic heterocycles. The van der Waals surface area contributed by atoms with E-state index in [2.05, 4.69) is 220 Å². The highest BCUT2D eigenvalue weighted by Gasteiger charge is 2.20. The average Bonchev–Trinajstić information content (AvgIpc) is 4.13. The highest BCUT2D eigenvalue weighted by atomic mass is 16.4. The maximum absolute atomic E-state index is 6.03. The maximum atomic E-state index is 6.03. The quantitative estimate of drug-likeness (QED) is 0.135. The van der Waals surface area contributed by atoms with Crippen LogP contribution in [0.25, 0.3) is 133 Å². The van der Waals surface area contributed by atoms with Gasteiger partial charge < -0.3 is 8.83 Å². The van der Waals surface area contributed by atoms with Crippen LogP contribution in [0.3, 0.4) is 0 Å². The zero-order chi connectivity index (χ0) is 51.1. The number of nitrogens with zero attached hydrogens (tertiary/aromatic N) is 2. The van der Waals surface area contributed by atoms with Crippen LogP contribution in [0.2, 0.25) is 0 Å². The molecule has 4 heteroatoms. The second kappa shape index (κ2) is 19.8. The second-order valence-electron chi connectivity index (χ2n) is 20.0. The Morgan fingerprint density at radius 2 is 0.684 bits per heavy atom. The topological polar surface area (TPSA) is 52.1 Å². The van der Waals surface area contributed by atoms with Crippen LogP contribution in [-0.2, 0) is 6.42 Å². The Morgan fingerprint density at radius 3 is 1.12 bits per heavy atom. The zero-order valence-electron chi connectivity index (χ0n) is 42.8. The Balaban J connectivity index is 0.000000146. The molecule has 0 amide bonds. The molecule has 0 unspecified atom stereocenters. The predicted octanol–water partition coefficient (Wildman–Crippen LogP) is 20.3. The van der Waals surface area contributed by atoms with Crippen LogP contribution < -0.4 is 0 Å². The molecule has 14 aromatic rings. The van der Waals surface area contributed by atoms with E-state index in [1.54, 1.807) is 0 Å².